The number of aromatic nitrogens is 3. The van der Waals surface area contributed by atoms with E-state index in [9.17, 15) is 10.2 Å². The summed E-state index contributed by atoms with van der Waals surface area (Å²) in [6, 6.07) is 7.39. The first-order chi connectivity index (χ1) is 8.73. The molecule has 0 atom stereocenters. The quantitative estimate of drug-likeness (QED) is 0.716. The summed E-state index contributed by atoms with van der Waals surface area (Å²) >= 11 is 0. The van der Waals surface area contributed by atoms with E-state index in [2.05, 4.69) is 20.5 Å². The second-order valence-electron chi connectivity index (χ2n) is 4.20. The smallest absolute Gasteiger partial charge is 0.243 e. The molecule has 3 N–H and O–H groups in total. The number of fused-ring (bicyclic) bond motifs is 1. The number of para-hydroxylation sites is 1. The Bertz CT molecular complexity index is 520. The molecule has 0 aliphatic carbocycles. The van der Waals surface area contributed by atoms with Crippen LogP contribution >= 0.6 is 0 Å². The van der Waals surface area contributed by atoms with Crippen LogP contribution in [0.1, 0.15) is 13.3 Å². The number of benzene rings is 1. The summed E-state index contributed by atoms with van der Waals surface area (Å²) in [4.78, 5) is 4.30. The molecule has 0 fully saturated rings. The van der Waals surface area contributed by atoms with E-state index in [0.717, 1.165) is 5.52 Å². The third-order valence-electron chi connectivity index (χ3n) is 3.02. The third-order valence-corrected chi connectivity index (χ3v) is 3.02. The molecule has 2 rings (SSSR count). The van der Waals surface area contributed by atoms with Gasteiger partial charge < -0.3 is 15.5 Å². The summed E-state index contributed by atoms with van der Waals surface area (Å²) in [5.41, 5.74) is 0.610. The summed E-state index contributed by atoms with van der Waals surface area (Å²) in [7, 11) is 0. The lowest BCUT2D eigenvalue weighted by molar-refractivity contribution is 0.132. The summed E-state index contributed by atoms with van der Waals surface area (Å²) in [6.07, 6.45) is 0.552. The predicted molar refractivity (Wildman–Crippen MR) is 68.1 cm³/mol. The van der Waals surface area contributed by atoms with E-state index in [4.69, 9.17) is 0 Å². The number of rotatable bonds is 5. The average Bonchev–Trinajstić information content (AvgIpc) is 2.45. The first-order valence-corrected chi connectivity index (χ1v) is 5.82. The minimum absolute atomic E-state index is 0.198. The van der Waals surface area contributed by atoms with E-state index in [1.165, 1.54) is 0 Å². The molecule has 0 radical (unpaired) electrons. The van der Waals surface area contributed by atoms with Gasteiger partial charge in [-0.25, -0.2) is 4.98 Å². The summed E-state index contributed by atoms with van der Waals surface area (Å²) in [5.74, 6) is 0.304. The van der Waals surface area contributed by atoms with Crippen molar-refractivity contribution in [3.8, 4) is 0 Å². The number of anilines is 1. The molecule has 0 spiro atoms. The van der Waals surface area contributed by atoms with Crippen LogP contribution in [-0.4, -0.2) is 44.1 Å². The van der Waals surface area contributed by atoms with Crippen LogP contribution < -0.4 is 5.32 Å². The lowest BCUT2D eigenvalue weighted by Crippen LogP contribution is -2.45. The number of hydrogen-bond acceptors (Lipinski definition) is 6. The number of nitrogens with one attached hydrogen (secondary N) is 1. The molecule has 0 saturated carbocycles. The first-order valence-electron chi connectivity index (χ1n) is 5.82. The highest BCUT2D eigenvalue weighted by Crippen LogP contribution is 2.16. The van der Waals surface area contributed by atoms with Crippen molar-refractivity contribution in [3.63, 3.8) is 0 Å². The van der Waals surface area contributed by atoms with Crippen LogP contribution in [0, 0.1) is 0 Å². The Balaban J connectivity index is 2.31. The van der Waals surface area contributed by atoms with Crippen molar-refractivity contribution in [2.45, 2.75) is 18.9 Å². The monoisotopic (exact) mass is 248 g/mol. The maximum Gasteiger partial charge on any atom is 0.243 e. The van der Waals surface area contributed by atoms with Gasteiger partial charge in [-0.3, -0.25) is 0 Å². The van der Waals surface area contributed by atoms with Crippen LogP contribution in [-0.2, 0) is 0 Å². The van der Waals surface area contributed by atoms with Gasteiger partial charge in [-0.2, -0.15) is 0 Å². The first kappa shape index (κ1) is 12.7. The minimum Gasteiger partial charge on any atom is -0.394 e. The number of aliphatic hydroxyl groups excluding tert-OH is 2. The van der Waals surface area contributed by atoms with Crippen molar-refractivity contribution in [1.29, 1.82) is 0 Å². The predicted octanol–water partition coefficient (Wildman–Crippen LogP) is 0.570. The fraction of sp³-hybridized carbons (Fsp3) is 0.417. The molecular formula is C12H16N4O2. The van der Waals surface area contributed by atoms with Gasteiger partial charge in [0.15, 0.2) is 0 Å². The van der Waals surface area contributed by atoms with Crippen molar-refractivity contribution in [2.75, 3.05) is 18.5 Å². The van der Waals surface area contributed by atoms with Gasteiger partial charge in [0.05, 0.1) is 24.3 Å². The molecule has 0 aliphatic rings. The van der Waals surface area contributed by atoms with Crippen molar-refractivity contribution in [2.24, 2.45) is 0 Å². The lowest BCUT2D eigenvalue weighted by atomic mass is 9.99. The maximum atomic E-state index is 9.35. The Kier molecular flexibility index (Phi) is 3.69. The zero-order valence-corrected chi connectivity index (χ0v) is 10.2. The minimum atomic E-state index is -0.815. The van der Waals surface area contributed by atoms with Crippen LogP contribution in [0.25, 0.3) is 11.0 Å². The van der Waals surface area contributed by atoms with Crippen LogP contribution in [0.5, 0.6) is 0 Å². The number of hydrogen-bond donors (Lipinski definition) is 3. The van der Waals surface area contributed by atoms with E-state index in [0.29, 0.717) is 17.9 Å². The lowest BCUT2D eigenvalue weighted by Gasteiger charge is -2.29. The number of nitrogens with zero attached hydrogens (tertiary/aromatic N) is 3. The van der Waals surface area contributed by atoms with Crippen molar-refractivity contribution in [1.82, 2.24) is 15.2 Å². The molecule has 1 heterocycles. The zero-order chi connectivity index (χ0) is 13.0. The topological polar surface area (TPSA) is 91.2 Å². The van der Waals surface area contributed by atoms with Gasteiger partial charge in [-0.1, -0.05) is 19.1 Å². The fourth-order valence-electron chi connectivity index (χ4n) is 1.61. The molecule has 0 saturated heterocycles. The van der Waals surface area contributed by atoms with Gasteiger partial charge in [-0.15, -0.1) is 10.2 Å². The van der Waals surface area contributed by atoms with E-state index in [1.807, 2.05) is 31.2 Å². The highest BCUT2D eigenvalue weighted by molar-refractivity contribution is 5.74. The highest BCUT2D eigenvalue weighted by atomic mass is 16.3. The van der Waals surface area contributed by atoms with Crippen molar-refractivity contribution < 1.29 is 10.2 Å². The van der Waals surface area contributed by atoms with Gasteiger partial charge in [0.1, 0.15) is 5.52 Å². The van der Waals surface area contributed by atoms with Gasteiger partial charge in [0.25, 0.3) is 0 Å². The van der Waals surface area contributed by atoms with Gasteiger partial charge in [0, 0.05) is 0 Å². The molecule has 0 bridgehead atoms. The highest BCUT2D eigenvalue weighted by Gasteiger charge is 2.27. The molecule has 6 heteroatoms. The normalized spacial score (nSPS) is 11.7. The van der Waals surface area contributed by atoms with Crippen molar-refractivity contribution >= 4 is 17.0 Å². The average molecular weight is 248 g/mol. The molecule has 18 heavy (non-hydrogen) atoms. The fourth-order valence-corrected chi connectivity index (χ4v) is 1.61. The Morgan fingerprint density at radius 1 is 1.11 bits per heavy atom. The third kappa shape index (κ3) is 2.39. The molecule has 0 amide bonds. The Labute approximate surface area is 105 Å². The van der Waals surface area contributed by atoms with Gasteiger partial charge in [0.2, 0.25) is 5.95 Å². The Morgan fingerprint density at radius 2 is 1.78 bits per heavy atom. The van der Waals surface area contributed by atoms with Crippen LogP contribution in [0.4, 0.5) is 5.95 Å². The SMILES string of the molecule is CCC(CO)(CO)Nc1nnc2ccccc2n1. The molecule has 1 aromatic carbocycles. The van der Waals surface area contributed by atoms with Crippen LogP contribution in [0.15, 0.2) is 24.3 Å². The van der Waals surface area contributed by atoms with Crippen LogP contribution in [0.2, 0.25) is 0 Å². The summed E-state index contributed by atoms with van der Waals surface area (Å²) < 4.78 is 0. The molecule has 2 aromatic rings. The Morgan fingerprint density at radius 3 is 2.39 bits per heavy atom. The molecule has 96 valence electrons. The summed E-state index contributed by atoms with van der Waals surface area (Å²) in [6.45, 7) is 1.47. The van der Waals surface area contributed by atoms with E-state index in [-0.39, 0.29) is 13.2 Å². The Hall–Kier alpha value is -1.79. The van der Waals surface area contributed by atoms with Gasteiger partial charge >= 0.3 is 0 Å². The maximum absolute atomic E-state index is 9.35. The molecule has 0 unspecified atom stereocenters. The standard InChI is InChI=1S/C12H16N4O2/c1-2-12(7-17,8-18)14-11-13-9-5-3-4-6-10(9)15-16-11/h3-6,17-18H,2,7-8H2,1H3,(H,13,14,16). The molecule has 6 nitrogen and oxygen atoms in total. The van der Waals surface area contributed by atoms with Crippen LogP contribution in [0.3, 0.4) is 0 Å². The largest absolute Gasteiger partial charge is 0.394 e. The molecular weight excluding hydrogens is 232 g/mol. The van der Waals surface area contributed by atoms with Crippen molar-refractivity contribution in [3.05, 3.63) is 24.3 Å². The molecule has 0 aliphatic heterocycles. The second-order valence-corrected chi connectivity index (χ2v) is 4.20. The van der Waals surface area contributed by atoms with Gasteiger partial charge in [-0.05, 0) is 18.6 Å². The molecule has 1 aromatic heterocycles. The summed E-state index contributed by atoms with van der Waals surface area (Å²) in [5, 5.41) is 29.6. The van der Waals surface area contributed by atoms with E-state index in [1.54, 1.807) is 0 Å². The second kappa shape index (κ2) is 5.24. The zero-order valence-electron chi connectivity index (χ0n) is 10.2. The van der Waals surface area contributed by atoms with E-state index < -0.39 is 5.54 Å². The number of aliphatic hydroxyl groups is 2. The van der Waals surface area contributed by atoms with E-state index >= 15 is 0 Å².